The van der Waals surface area contributed by atoms with Crippen LogP contribution in [0.3, 0.4) is 0 Å². The van der Waals surface area contributed by atoms with Gasteiger partial charge in [0.15, 0.2) is 0 Å². The summed E-state index contributed by atoms with van der Waals surface area (Å²) < 4.78 is 5.78. The molecule has 0 saturated heterocycles. The molecule has 0 amide bonds. The Hall–Kier alpha value is -1.84. The fraction of sp³-hybridized carbons (Fsp3) is 0.500. The lowest BCUT2D eigenvalue weighted by Gasteiger charge is -2.29. The normalized spacial score (nSPS) is 26.1. The second-order valence-electron chi connectivity index (χ2n) is 8.39. The number of hydrogen-bond acceptors (Lipinski definition) is 3. The van der Waals surface area contributed by atoms with Crippen LogP contribution in [0, 0.1) is 17.8 Å². The summed E-state index contributed by atoms with van der Waals surface area (Å²) in [5.74, 6) is 3.47. The summed E-state index contributed by atoms with van der Waals surface area (Å²) in [5, 5.41) is 13.8. The van der Waals surface area contributed by atoms with Gasteiger partial charge in [0.2, 0.25) is 0 Å². The van der Waals surface area contributed by atoms with Crippen molar-refractivity contribution in [1.82, 2.24) is 5.32 Å². The van der Waals surface area contributed by atoms with E-state index in [2.05, 4.69) is 36.5 Å². The van der Waals surface area contributed by atoms with Gasteiger partial charge in [-0.1, -0.05) is 48.9 Å². The molecule has 3 nitrogen and oxygen atoms in total. The first-order valence-electron chi connectivity index (χ1n) is 10.4. The minimum absolute atomic E-state index is 0.321. The quantitative estimate of drug-likeness (QED) is 0.723. The van der Waals surface area contributed by atoms with Crippen LogP contribution in [0.1, 0.15) is 32.6 Å². The van der Waals surface area contributed by atoms with Crippen molar-refractivity contribution in [3.63, 3.8) is 0 Å². The van der Waals surface area contributed by atoms with Gasteiger partial charge in [-0.15, -0.1) is 0 Å². The van der Waals surface area contributed by atoms with Crippen molar-refractivity contribution in [2.24, 2.45) is 17.8 Å². The third-order valence-corrected chi connectivity index (χ3v) is 6.51. The molecule has 27 heavy (non-hydrogen) atoms. The number of fused-ring (bicyclic) bond motifs is 2. The average molecular weight is 366 g/mol. The first-order chi connectivity index (χ1) is 13.2. The zero-order valence-electron chi connectivity index (χ0n) is 16.2. The van der Waals surface area contributed by atoms with E-state index in [0.29, 0.717) is 19.2 Å². The SMILES string of the molecule is C[C@H](NC[C@@H](O)COc1ccc(-c2ccccc2)cc1)[C@@H]1C[C@H]2CC[C@H]1C2. The van der Waals surface area contributed by atoms with Crippen molar-refractivity contribution < 1.29 is 9.84 Å². The molecule has 2 saturated carbocycles. The van der Waals surface area contributed by atoms with Crippen LogP contribution in [0.2, 0.25) is 0 Å². The first-order valence-corrected chi connectivity index (χ1v) is 10.4. The molecule has 2 fully saturated rings. The summed E-state index contributed by atoms with van der Waals surface area (Å²) in [6, 6.07) is 18.9. The Kier molecular flexibility index (Phi) is 5.80. The summed E-state index contributed by atoms with van der Waals surface area (Å²) in [6.07, 6.45) is 5.17. The fourth-order valence-corrected chi connectivity index (χ4v) is 5.01. The lowest BCUT2D eigenvalue weighted by atomic mass is 9.84. The minimum Gasteiger partial charge on any atom is -0.491 e. The number of nitrogens with one attached hydrogen (secondary N) is 1. The Morgan fingerprint density at radius 2 is 1.74 bits per heavy atom. The Bertz CT molecular complexity index is 715. The Morgan fingerprint density at radius 1 is 1.00 bits per heavy atom. The average Bonchev–Trinajstić information content (AvgIpc) is 3.35. The van der Waals surface area contributed by atoms with Gasteiger partial charge >= 0.3 is 0 Å². The molecule has 2 aromatic rings. The second kappa shape index (κ2) is 8.45. The van der Waals surface area contributed by atoms with Gasteiger partial charge in [0, 0.05) is 12.6 Å². The van der Waals surface area contributed by atoms with Gasteiger partial charge in [-0.2, -0.15) is 0 Å². The van der Waals surface area contributed by atoms with Gasteiger partial charge in [-0.05, 0) is 67.2 Å². The van der Waals surface area contributed by atoms with Crippen molar-refractivity contribution >= 4 is 0 Å². The molecule has 0 spiro atoms. The van der Waals surface area contributed by atoms with Gasteiger partial charge in [0.25, 0.3) is 0 Å². The Morgan fingerprint density at radius 3 is 2.41 bits per heavy atom. The lowest BCUT2D eigenvalue weighted by Crippen LogP contribution is -2.41. The number of benzene rings is 2. The standard InChI is InChI=1S/C24H31NO2/c1-17(24-14-18-7-8-21(24)13-18)25-15-22(26)16-27-23-11-9-20(10-12-23)19-5-3-2-4-6-19/h2-6,9-12,17-18,21-22,24-26H,7-8,13-16H2,1H3/t17-,18-,21-,22+,24-/m0/s1. The number of ether oxygens (including phenoxy) is 1. The summed E-state index contributed by atoms with van der Waals surface area (Å²) in [7, 11) is 0. The van der Waals surface area contributed by atoms with Crippen molar-refractivity contribution in [3.05, 3.63) is 54.6 Å². The summed E-state index contributed by atoms with van der Waals surface area (Å²) in [4.78, 5) is 0. The summed E-state index contributed by atoms with van der Waals surface area (Å²) >= 11 is 0. The lowest BCUT2D eigenvalue weighted by molar-refractivity contribution is 0.0993. The van der Waals surface area contributed by atoms with Crippen LogP contribution in [0.15, 0.2) is 54.6 Å². The third kappa shape index (κ3) is 4.53. The molecule has 0 heterocycles. The monoisotopic (exact) mass is 365 g/mol. The first kappa shape index (κ1) is 18.5. The molecular weight excluding hydrogens is 334 g/mol. The zero-order chi connectivity index (χ0) is 18.6. The van der Waals surface area contributed by atoms with E-state index in [1.165, 1.54) is 36.8 Å². The summed E-state index contributed by atoms with van der Waals surface area (Å²) in [6.45, 7) is 3.19. The molecule has 2 aromatic carbocycles. The van der Waals surface area contributed by atoms with Crippen LogP contribution in [-0.4, -0.2) is 30.4 Å². The van der Waals surface area contributed by atoms with E-state index in [0.717, 1.165) is 23.5 Å². The van der Waals surface area contributed by atoms with Crippen molar-refractivity contribution in [3.8, 4) is 16.9 Å². The smallest absolute Gasteiger partial charge is 0.119 e. The van der Waals surface area contributed by atoms with E-state index < -0.39 is 6.10 Å². The van der Waals surface area contributed by atoms with E-state index in [1.807, 2.05) is 30.3 Å². The molecule has 144 valence electrons. The van der Waals surface area contributed by atoms with Gasteiger partial charge in [0.1, 0.15) is 18.5 Å². The maximum atomic E-state index is 10.3. The van der Waals surface area contributed by atoms with Crippen LogP contribution in [-0.2, 0) is 0 Å². The van der Waals surface area contributed by atoms with Gasteiger partial charge in [-0.3, -0.25) is 0 Å². The molecule has 3 heteroatoms. The van der Waals surface area contributed by atoms with Crippen LogP contribution in [0.4, 0.5) is 0 Å². The van der Waals surface area contributed by atoms with E-state index in [9.17, 15) is 5.11 Å². The topological polar surface area (TPSA) is 41.5 Å². The Balaban J connectivity index is 1.20. The molecule has 0 aromatic heterocycles. The number of hydrogen-bond donors (Lipinski definition) is 2. The van der Waals surface area contributed by atoms with E-state index in [1.54, 1.807) is 0 Å². The van der Waals surface area contributed by atoms with E-state index in [4.69, 9.17) is 4.74 Å². The van der Waals surface area contributed by atoms with Crippen molar-refractivity contribution in [2.75, 3.05) is 13.2 Å². The van der Waals surface area contributed by atoms with Crippen molar-refractivity contribution in [2.45, 2.75) is 44.8 Å². The fourth-order valence-electron chi connectivity index (χ4n) is 5.01. The number of rotatable bonds is 8. The van der Waals surface area contributed by atoms with Crippen molar-refractivity contribution in [1.29, 1.82) is 0 Å². The highest BCUT2D eigenvalue weighted by atomic mass is 16.5. The molecule has 2 bridgehead atoms. The highest BCUT2D eigenvalue weighted by Gasteiger charge is 2.41. The third-order valence-electron chi connectivity index (χ3n) is 6.51. The molecule has 0 aliphatic heterocycles. The molecular formula is C24H31NO2. The molecule has 0 radical (unpaired) electrons. The molecule has 2 aliphatic rings. The van der Waals surface area contributed by atoms with Crippen LogP contribution in [0.25, 0.3) is 11.1 Å². The second-order valence-corrected chi connectivity index (χ2v) is 8.39. The van der Waals surface area contributed by atoms with E-state index >= 15 is 0 Å². The predicted molar refractivity (Wildman–Crippen MR) is 110 cm³/mol. The maximum absolute atomic E-state index is 10.3. The number of aliphatic hydroxyl groups excluding tert-OH is 1. The van der Waals surface area contributed by atoms with Gasteiger partial charge in [0.05, 0.1) is 0 Å². The highest BCUT2D eigenvalue weighted by Crippen LogP contribution is 2.49. The van der Waals surface area contributed by atoms with Crippen LogP contribution >= 0.6 is 0 Å². The molecule has 4 rings (SSSR count). The molecule has 2 N–H and O–H groups in total. The Labute approximate surface area is 162 Å². The predicted octanol–water partition coefficient (Wildman–Crippen LogP) is 4.51. The largest absolute Gasteiger partial charge is 0.491 e. The van der Waals surface area contributed by atoms with Crippen LogP contribution in [0.5, 0.6) is 5.75 Å². The van der Waals surface area contributed by atoms with Crippen LogP contribution < -0.4 is 10.1 Å². The molecule has 0 unspecified atom stereocenters. The molecule has 5 atom stereocenters. The maximum Gasteiger partial charge on any atom is 0.119 e. The minimum atomic E-state index is -0.486. The highest BCUT2D eigenvalue weighted by molar-refractivity contribution is 5.63. The van der Waals surface area contributed by atoms with Gasteiger partial charge < -0.3 is 15.2 Å². The van der Waals surface area contributed by atoms with E-state index in [-0.39, 0.29) is 0 Å². The zero-order valence-corrected chi connectivity index (χ0v) is 16.2. The molecule has 2 aliphatic carbocycles. The number of aliphatic hydroxyl groups is 1. The summed E-state index contributed by atoms with van der Waals surface area (Å²) in [5.41, 5.74) is 2.37. The van der Waals surface area contributed by atoms with Gasteiger partial charge in [-0.25, -0.2) is 0 Å².